The van der Waals surface area contributed by atoms with Crippen LogP contribution in [0.1, 0.15) is 30.1 Å². The van der Waals surface area contributed by atoms with Crippen molar-refractivity contribution in [3.8, 4) is 16.7 Å². The Balaban J connectivity index is 1.99. The van der Waals surface area contributed by atoms with E-state index in [2.05, 4.69) is 17.0 Å². The number of benzene rings is 1. The van der Waals surface area contributed by atoms with Crippen LogP contribution in [0.2, 0.25) is 5.02 Å². The minimum Gasteiger partial charge on any atom is -0.462 e. The van der Waals surface area contributed by atoms with Crippen molar-refractivity contribution in [1.82, 2.24) is 14.8 Å². The Morgan fingerprint density at radius 2 is 2.12 bits per heavy atom. The number of rotatable bonds is 6. The Labute approximate surface area is 148 Å². The van der Waals surface area contributed by atoms with Crippen molar-refractivity contribution < 1.29 is 9.53 Å². The van der Waals surface area contributed by atoms with Crippen molar-refractivity contribution in [2.75, 3.05) is 6.61 Å². The molecule has 1 aromatic carbocycles. The summed E-state index contributed by atoms with van der Waals surface area (Å²) < 4.78 is 6.82. The summed E-state index contributed by atoms with van der Waals surface area (Å²) in [5, 5.41) is 6.54. The summed E-state index contributed by atoms with van der Waals surface area (Å²) in [7, 11) is 0. The zero-order valence-corrected chi connectivity index (χ0v) is 14.7. The van der Waals surface area contributed by atoms with E-state index in [1.807, 2.05) is 17.5 Å². The van der Waals surface area contributed by atoms with Gasteiger partial charge in [0.2, 0.25) is 0 Å². The molecule has 0 aliphatic heterocycles. The lowest BCUT2D eigenvalue weighted by Gasteiger charge is -2.04. The maximum atomic E-state index is 12.9. The molecule has 0 atom stereocenters. The largest absolute Gasteiger partial charge is 0.462 e. The second kappa shape index (κ2) is 7.59. The fourth-order valence-corrected chi connectivity index (χ4v) is 3.03. The molecule has 2 aromatic heterocycles. The number of unbranched alkanes of at least 4 members (excludes halogenated alkanes) is 1. The average Bonchev–Trinajstić information content (AvgIpc) is 3.24. The van der Waals surface area contributed by atoms with Gasteiger partial charge in [-0.1, -0.05) is 43.1 Å². The first-order valence-electron chi connectivity index (χ1n) is 7.63. The predicted octanol–water partition coefficient (Wildman–Crippen LogP) is 4.53. The highest BCUT2D eigenvalue weighted by Crippen LogP contribution is 2.26. The van der Waals surface area contributed by atoms with Crippen LogP contribution in [0.5, 0.6) is 6.01 Å². The SMILES string of the molecule is CCCCOc1nc(-c2cccs2)n(C(=O)c2ccccc2Cl)n1. The molecule has 3 aromatic rings. The Bertz CT molecular complexity index is 830. The zero-order valence-electron chi connectivity index (χ0n) is 13.1. The standard InChI is InChI=1S/C17H16ClN3O2S/c1-2-3-10-23-17-19-15(14-9-6-11-24-14)21(20-17)16(22)12-7-4-5-8-13(12)18/h4-9,11H,2-3,10H2,1H3. The number of ether oxygens (including phenoxy) is 1. The van der Waals surface area contributed by atoms with Crippen LogP contribution in [0.15, 0.2) is 41.8 Å². The van der Waals surface area contributed by atoms with E-state index in [0.29, 0.717) is 23.0 Å². The fourth-order valence-electron chi connectivity index (χ4n) is 2.12. The van der Waals surface area contributed by atoms with Crippen LogP contribution in [0, 0.1) is 0 Å². The predicted molar refractivity (Wildman–Crippen MR) is 94.9 cm³/mol. The molecule has 0 spiro atoms. The zero-order chi connectivity index (χ0) is 16.9. The van der Waals surface area contributed by atoms with Crippen LogP contribution >= 0.6 is 22.9 Å². The molecule has 5 nitrogen and oxygen atoms in total. The monoisotopic (exact) mass is 361 g/mol. The highest BCUT2D eigenvalue weighted by molar-refractivity contribution is 7.13. The Kier molecular flexibility index (Phi) is 5.27. The molecule has 3 rings (SSSR count). The van der Waals surface area contributed by atoms with Crippen LogP contribution in [-0.2, 0) is 0 Å². The number of aromatic nitrogens is 3. The molecule has 0 saturated heterocycles. The van der Waals surface area contributed by atoms with Gasteiger partial charge >= 0.3 is 6.01 Å². The van der Waals surface area contributed by atoms with Gasteiger partial charge in [-0.15, -0.1) is 16.4 Å². The number of carbonyl (C=O) groups excluding carboxylic acids is 1. The molecule has 0 fully saturated rings. The first-order valence-corrected chi connectivity index (χ1v) is 8.89. The van der Waals surface area contributed by atoms with Crippen molar-refractivity contribution in [2.24, 2.45) is 0 Å². The summed E-state index contributed by atoms with van der Waals surface area (Å²) in [6.45, 7) is 2.60. The molecule has 0 aliphatic rings. The van der Waals surface area contributed by atoms with Gasteiger partial charge in [0.05, 0.1) is 22.1 Å². The van der Waals surface area contributed by atoms with E-state index in [0.717, 1.165) is 17.7 Å². The second-order valence-electron chi connectivity index (χ2n) is 5.09. The molecular weight excluding hydrogens is 346 g/mol. The molecule has 2 heterocycles. The Hall–Kier alpha value is -2.18. The number of nitrogens with zero attached hydrogens (tertiary/aromatic N) is 3. The topological polar surface area (TPSA) is 57.0 Å². The molecule has 7 heteroatoms. The molecule has 0 radical (unpaired) electrons. The van der Waals surface area contributed by atoms with Crippen LogP contribution in [0.25, 0.3) is 10.7 Å². The van der Waals surface area contributed by atoms with Crippen molar-refractivity contribution in [3.63, 3.8) is 0 Å². The third-order valence-electron chi connectivity index (χ3n) is 3.35. The van der Waals surface area contributed by atoms with Crippen LogP contribution in [0.3, 0.4) is 0 Å². The fraction of sp³-hybridized carbons (Fsp3) is 0.235. The third-order valence-corrected chi connectivity index (χ3v) is 4.55. The minimum absolute atomic E-state index is 0.201. The van der Waals surface area contributed by atoms with E-state index in [4.69, 9.17) is 16.3 Å². The van der Waals surface area contributed by atoms with Gasteiger partial charge in [0.25, 0.3) is 5.91 Å². The maximum absolute atomic E-state index is 12.9. The lowest BCUT2D eigenvalue weighted by Crippen LogP contribution is -2.15. The number of hydrogen-bond donors (Lipinski definition) is 0. The minimum atomic E-state index is -0.332. The first-order chi connectivity index (χ1) is 11.7. The normalized spacial score (nSPS) is 10.8. The van der Waals surface area contributed by atoms with E-state index < -0.39 is 0 Å². The summed E-state index contributed by atoms with van der Waals surface area (Å²) >= 11 is 7.63. The summed E-state index contributed by atoms with van der Waals surface area (Å²) in [5.41, 5.74) is 0.377. The van der Waals surface area contributed by atoms with Crippen LogP contribution in [-0.4, -0.2) is 27.3 Å². The molecule has 0 unspecified atom stereocenters. The van der Waals surface area contributed by atoms with Gasteiger partial charge in [-0.05, 0) is 30.0 Å². The molecule has 0 N–H and O–H groups in total. The third kappa shape index (κ3) is 3.49. The summed E-state index contributed by atoms with van der Waals surface area (Å²) in [4.78, 5) is 18.1. The van der Waals surface area contributed by atoms with E-state index in [1.54, 1.807) is 24.3 Å². The molecular formula is C17H16ClN3O2S. The van der Waals surface area contributed by atoms with E-state index in [-0.39, 0.29) is 11.9 Å². The van der Waals surface area contributed by atoms with E-state index in [1.165, 1.54) is 16.0 Å². The highest BCUT2D eigenvalue weighted by Gasteiger charge is 2.22. The quantitative estimate of drug-likeness (QED) is 0.605. The lowest BCUT2D eigenvalue weighted by atomic mass is 10.2. The van der Waals surface area contributed by atoms with Gasteiger partial charge in [0, 0.05) is 0 Å². The summed E-state index contributed by atoms with van der Waals surface area (Å²) in [6.07, 6.45) is 1.92. The van der Waals surface area contributed by atoms with Crippen molar-refractivity contribution in [1.29, 1.82) is 0 Å². The molecule has 0 saturated carbocycles. The molecule has 0 aliphatic carbocycles. The van der Waals surface area contributed by atoms with Crippen LogP contribution < -0.4 is 4.74 Å². The molecule has 0 amide bonds. The molecule has 0 bridgehead atoms. The number of hydrogen-bond acceptors (Lipinski definition) is 5. The maximum Gasteiger partial charge on any atom is 0.336 e. The average molecular weight is 362 g/mol. The van der Waals surface area contributed by atoms with Gasteiger partial charge in [-0.2, -0.15) is 9.67 Å². The van der Waals surface area contributed by atoms with Gasteiger partial charge < -0.3 is 4.74 Å². The van der Waals surface area contributed by atoms with Gasteiger partial charge in [0.15, 0.2) is 5.82 Å². The van der Waals surface area contributed by atoms with Crippen molar-refractivity contribution in [3.05, 3.63) is 52.4 Å². The second-order valence-corrected chi connectivity index (χ2v) is 6.45. The first kappa shape index (κ1) is 16.7. The molecule has 124 valence electrons. The van der Waals surface area contributed by atoms with Crippen molar-refractivity contribution >= 4 is 28.8 Å². The number of halogens is 1. The summed E-state index contributed by atoms with van der Waals surface area (Å²) in [5.74, 6) is 0.128. The van der Waals surface area contributed by atoms with Crippen LogP contribution in [0.4, 0.5) is 0 Å². The van der Waals surface area contributed by atoms with E-state index >= 15 is 0 Å². The summed E-state index contributed by atoms with van der Waals surface area (Å²) in [6, 6.07) is 10.9. The van der Waals surface area contributed by atoms with Gasteiger partial charge in [0.1, 0.15) is 0 Å². The van der Waals surface area contributed by atoms with Crippen molar-refractivity contribution in [2.45, 2.75) is 19.8 Å². The van der Waals surface area contributed by atoms with Gasteiger partial charge in [-0.3, -0.25) is 4.79 Å². The number of thiophene rings is 1. The lowest BCUT2D eigenvalue weighted by molar-refractivity contribution is 0.0945. The molecule has 24 heavy (non-hydrogen) atoms. The van der Waals surface area contributed by atoms with E-state index in [9.17, 15) is 4.79 Å². The highest BCUT2D eigenvalue weighted by atomic mass is 35.5. The Morgan fingerprint density at radius 1 is 1.29 bits per heavy atom. The number of carbonyl (C=O) groups is 1. The smallest absolute Gasteiger partial charge is 0.336 e. The van der Waals surface area contributed by atoms with Gasteiger partial charge in [-0.25, -0.2) is 0 Å². The Morgan fingerprint density at radius 3 is 2.83 bits per heavy atom.